The van der Waals surface area contributed by atoms with Gasteiger partial charge >= 0.3 is 5.97 Å². The number of ether oxygens (including phenoxy) is 1. The number of hydrogen-bond donors (Lipinski definition) is 1. The van der Waals surface area contributed by atoms with E-state index >= 15 is 0 Å². The van der Waals surface area contributed by atoms with Crippen molar-refractivity contribution in [3.8, 4) is 12.3 Å². The third-order valence-electron chi connectivity index (χ3n) is 1.78. The molecule has 0 radical (unpaired) electrons. The number of nitrogens with zero attached hydrogens (tertiary/aromatic N) is 1. The number of esters is 1. The van der Waals surface area contributed by atoms with Crippen molar-refractivity contribution >= 4 is 22.4 Å². The van der Waals surface area contributed by atoms with E-state index in [-0.39, 0.29) is 6.04 Å². The average molecular weight is 238 g/mol. The largest absolute Gasteiger partial charge is 0.461 e. The summed E-state index contributed by atoms with van der Waals surface area (Å²) in [6.07, 6.45) is 5.81. The Morgan fingerprint density at radius 1 is 1.81 bits per heavy atom. The molecule has 1 aromatic rings. The van der Waals surface area contributed by atoms with Gasteiger partial charge in [0, 0.05) is 17.8 Å². The summed E-state index contributed by atoms with van der Waals surface area (Å²) in [7, 11) is 0. The van der Waals surface area contributed by atoms with Crippen LogP contribution in [0.5, 0.6) is 0 Å². The zero-order valence-corrected chi connectivity index (χ0v) is 10.1. The summed E-state index contributed by atoms with van der Waals surface area (Å²) in [4.78, 5) is 15.4. The second-order valence-corrected chi connectivity index (χ2v) is 4.07. The van der Waals surface area contributed by atoms with Crippen LogP contribution in [0.1, 0.15) is 30.8 Å². The van der Waals surface area contributed by atoms with Crippen LogP contribution >= 0.6 is 11.3 Å². The van der Waals surface area contributed by atoms with Crippen molar-refractivity contribution in [3.63, 3.8) is 0 Å². The van der Waals surface area contributed by atoms with Gasteiger partial charge in [-0.2, -0.15) is 0 Å². The van der Waals surface area contributed by atoms with Crippen molar-refractivity contribution in [1.82, 2.24) is 4.98 Å². The van der Waals surface area contributed by atoms with E-state index in [1.807, 2.05) is 6.92 Å². The normalized spacial score (nSPS) is 11.6. The van der Waals surface area contributed by atoms with Crippen molar-refractivity contribution in [1.29, 1.82) is 0 Å². The van der Waals surface area contributed by atoms with Crippen molar-refractivity contribution in [2.24, 2.45) is 0 Å². The van der Waals surface area contributed by atoms with Crippen LogP contribution in [0, 0.1) is 12.3 Å². The standard InChI is InChI=1S/C11H14N2O2S/c1-4-6-8(3)12-11-13-9(7-16-11)10(14)15-5-2/h1,7-8H,5-6H2,2-3H3,(H,12,13). The number of thiazole rings is 1. The lowest BCUT2D eigenvalue weighted by Gasteiger charge is -2.08. The maximum absolute atomic E-state index is 11.3. The van der Waals surface area contributed by atoms with E-state index in [9.17, 15) is 4.79 Å². The van der Waals surface area contributed by atoms with E-state index in [4.69, 9.17) is 11.2 Å². The summed E-state index contributed by atoms with van der Waals surface area (Å²) in [5, 5.41) is 5.47. The Morgan fingerprint density at radius 3 is 3.19 bits per heavy atom. The topological polar surface area (TPSA) is 51.2 Å². The van der Waals surface area contributed by atoms with Gasteiger partial charge in [-0.25, -0.2) is 9.78 Å². The van der Waals surface area contributed by atoms with E-state index < -0.39 is 5.97 Å². The molecule has 86 valence electrons. The second-order valence-electron chi connectivity index (χ2n) is 3.21. The molecule has 0 aromatic carbocycles. The number of aromatic nitrogens is 1. The van der Waals surface area contributed by atoms with E-state index in [1.165, 1.54) is 11.3 Å². The molecule has 1 N–H and O–H groups in total. The molecule has 1 aromatic heterocycles. The predicted molar refractivity (Wildman–Crippen MR) is 64.6 cm³/mol. The van der Waals surface area contributed by atoms with Gasteiger partial charge in [0.1, 0.15) is 0 Å². The maximum atomic E-state index is 11.3. The van der Waals surface area contributed by atoms with Crippen LogP contribution in [-0.2, 0) is 4.74 Å². The second kappa shape index (κ2) is 6.13. The van der Waals surface area contributed by atoms with Crippen LogP contribution in [-0.4, -0.2) is 23.6 Å². The summed E-state index contributed by atoms with van der Waals surface area (Å²) in [5.41, 5.74) is 0.335. The van der Waals surface area contributed by atoms with Gasteiger partial charge in [-0.05, 0) is 13.8 Å². The van der Waals surface area contributed by atoms with Crippen LogP contribution in [0.25, 0.3) is 0 Å². The van der Waals surface area contributed by atoms with Crippen LogP contribution < -0.4 is 5.32 Å². The van der Waals surface area contributed by atoms with Gasteiger partial charge in [0.05, 0.1) is 6.61 Å². The monoisotopic (exact) mass is 238 g/mol. The highest BCUT2D eigenvalue weighted by Gasteiger charge is 2.12. The summed E-state index contributed by atoms with van der Waals surface area (Å²) < 4.78 is 4.84. The van der Waals surface area contributed by atoms with Crippen molar-refractivity contribution in [2.45, 2.75) is 26.3 Å². The van der Waals surface area contributed by atoms with Gasteiger partial charge in [0.15, 0.2) is 10.8 Å². The number of terminal acetylenes is 1. The van der Waals surface area contributed by atoms with Crippen molar-refractivity contribution in [3.05, 3.63) is 11.1 Å². The Labute approximate surface area is 99.0 Å². The molecule has 1 unspecified atom stereocenters. The van der Waals surface area contributed by atoms with Crippen molar-refractivity contribution < 1.29 is 9.53 Å². The molecule has 4 nitrogen and oxygen atoms in total. The molecule has 0 bridgehead atoms. The molecule has 0 aliphatic rings. The fourth-order valence-electron chi connectivity index (χ4n) is 1.08. The van der Waals surface area contributed by atoms with Gasteiger partial charge in [0.25, 0.3) is 0 Å². The third-order valence-corrected chi connectivity index (χ3v) is 2.56. The first-order valence-corrected chi connectivity index (χ1v) is 5.88. The van der Waals surface area contributed by atoms with E-state index in [1.54, 1.807) is 12.3 Å². The molecule has 0 saturated carbocycles. The number of rotatable bonds is 5. The minimum Gasteiger partial charge on any atom is -0.461 e. The first kappa shape index (κ1) is 12.5. The summed E-state index contributed by atoms with van der Waals surface area (Å²) >= 11 is 1.37. The Bertz CT molecular complexity index is 395. The number of hydrogen-bond acceptors (Lipinski definition) is 5. The Morgan fingerprint density at radius 2 is 2.56 bits per heavy atom. The lowest BCUT2D eigenvalue weighted by atomic mass is 10.2. The van der Waals surface area contributed by atoms with Crippen LogP contribution in [0.2, 0.25) is 0 Å². The number of carbonyl (C=O) groups is 1. The highest BCUT2D eigenvalue weighted by atomic mass is 32.1. The number of nitrogens with one attached hydrogen (secondary N) is 1. The molecule has 1 heterocycles. The molecule has 16 heavy (non-hydrogen) atoms. The maximum Gasteiger partial charge on any atom is 0.357 e. The summed E-state index contributed by atoms with van der Waals surface area (Å²) in [6, 6.07) is 0.145. The Hall–Kier alpha value is -1.54. The fraction of sp³-hybridized carbons (Fsp3) is 0.455. The van der Waals surface area contributed by atoms with Gasteiger partial charge < -0.3 is 10.1 Å². The molecule has 0 amide bonds. The van der Waals surface area contributed by atoms with Gasteiger partial charge in [-0.15, -0.1) is 23.7 Å². The molecular weight excluding hydrogens is 224 g/mol. The molecule has 0 aliphatic heterocycles. The lowest BCUT2D eigenvalue weighted by Crippen LogP contribution is -2.14. The lowest BCUT2D eigenvalue weighted by molar-refractivity contribution is 0.0520. The first-order chi connectivity index (χ1) is 7.67. The van der Waals surface area contributed by atoms with E-state index in [0.29, 0.717) is 23.9 Å². The minimum absolute atomic E-state index is 0.145. The smallest absolute Gasteiger partial charge is 0.357 e. The highest BCUT2D eigenvalue weighted by Crippen LogP contribution is 2.17. The molecule has 0 spiro atoms. The third kappa shape index (κ3) is 3.55. The SMILES string of the molecule is C#CCC(C)Nc1nc(C(=O)OCC)cs1. The van der Waals surface area contributed by atoms with E-state index in [2.05, 4.69) is 16.2 Å². The molecule has 1 atom stereocenters. The first-order valence-electron chi connectivity index (χ1n) is 5.00. The molecule has 0 aliphatic carbocycles. The number of carbonyl (C=O) groups excluding carboxylic acids is 1. The van der Waals surface area contributed by atoms with Crippen LogP contribution in [0.3, 0.4) is 0 Å². The minimum atomic E-state index is -0.392. The van der Waals surface area contributed by atoms with Crippen molar-refractivity contribution in [2.75, 3.05) is 11.9 Å². The molecule has 1 rings (SSSR count). The van der Waals surface area contributed by atoms with Crippen LogP contribution in [0.15, 0.2) is 5.38 Å². The fourth-order valence-corrected chi connectivity index (χ4v) is 1.87. The van der Waals surface area contributed by atoms with Crippen LogP contribution in [0.4, 0.5) is 5.13 Å². The van der Waals surface area contributed by atoms with E-state index in [0.717, 1.165) is 0 Å². The zero-order valence-electron chi connectivity index (χ0n) is 9.32. The summed E-state index contributed by atoms with van der Waals surface area (Å²) in [5.74, 6) is 2.17. The van der Waals surface area contributed by atoms with Gasteiger partial charge in [-0.3, -0.25) is 0 Å². The Kier molecular flexibility index (Phi) is 4.80. The zero-order chi connectivity index (χ0) is 12.0. The van der Waals surface area contributed by atoms with Gasteiger partial charge in [-0.1, -0.05) is 0 Å². The molecular formula is C11H14N2O2S. The molecule has 0 saturated heterocycles. The number of anilines is 1. The molecule has 5 heteroatoms. The van der Waals surface area contributed by atoms with Gasteiger partial charge in [0.2, 0.25) is 0 Å². The Balaban J connectivity index is 2.58. The summed E-state index contributed by atoms with van der Waals surface area (Å²) in [6.45, 7) is 4.08. The molecule has 0 fully saturated rings. The average Bonchev–Trinajstić information content (AvgIpc) is 2.67. The quantitative estimate of drug-likeness (QED) is 0.630. The highest BCUT2D eigenvalue weighted by molar-refractivity contribution is 7.13. The predicted octanol–water partition coefficient (Wildman–Crippen LogP) is 2.14.